The molecule has 1 atom stereocenters. The Morgan fingerprint density at radius 1 is 1.24 bits per heavy atom. The average Bonchev–Trinajstić information content (AvgIpc) is 3.45. The van der Waals surface area contributed by atoms with Crippen LogP contribution in [-0.4, -0.2) is 81.8 Å². The first-order valence-corrected chi connectivity index (χ1v) is 11.5. The highest BCUT2D eigenvalue weighted by Crippen LogP contribution is 2.61. The molecule has 1 aromatic heterocycles. The lowest BCUT2D eigenvalue weighted by molar-refractivity contribution is -0.0350. The van der Waals surface area contributed by atoms with E-state index < -0.39 is 22.7 Å². The maximum absolute atomic E-state index is 14.9. The molecule has 1 aliphatic carbocycles. The molecule has 33 heavy (non-hydrogen) atoms. The normalized spacial score (nSPS) is 21.1. The van der Waals surface area contributed by atoms with Gasteiger partial charge in [0, 0.05) is 49.8 Å². The fraction of sp³-hybridized carbons (Fsp3) is 0.609. The summed E-state index contributed by atoms with van der Waals surface area (Å²) in [6, 6.07) is 3.27. The van der Waals surface area contributed by atoms with Crippen molar-refractivity contribution in [2.75, 3.05) is 46.4 Å². The lowest BCUT2D eigenvalue weighted by Gasteiger charge is -2.37. The average molecular weight is 463 g/mol. The zero-order valence-electron chi connectivity index (χ0n) is 19.3. The molecule has 1 N–H and O–H groups in total. The van der Waals surface area contributed by atoms with Gasteiger partial charge >= 0.3 is 0 Å². The van der Waals surface area contributed by atoms with Gasteiger partial charge in [-0.05, 0) is 32.4 Å². The van der Waals surface area contributed by atoms with Crippen LogP contribution < -0.4 is 0 Å². The number of halogens is 2. The summed E-state index contributed by atoms with van der Waals surface area (Å²) in [5.41, 5.74) is -1.81. The van der Waals surface area contributed by atoms with Gasteiger partial charge in [-0.3, -0.25) is 4.90 Å². The van der Waals surface area contributed by atoms with Crippen LogP contribution in [0.3, 0.4) is 0 Å². The monoisotopic (exact) mass is 462 g/mol. The molecule has 2 heterocycles. The third kappa shape index (κ3) is 4.92. The van der Waals surface area contributed by atoms with Crippen molar-refractivity contribution in [2.45, 2.75) is 38.3 Å². The minimum absolute atomic E-state index is 0.0236. The molecule has 1 saturated heterocycles. The van der Waals surface area contributed by atoms with Gasteiger partial charge in [-0.1, -0.05) is 18.1 Å². The highest BCUT2D eigenvalue weighted by molar-refractivity contribution is 5.93. The van der Waals surface area contributed by atoms with Crippen LogP contribution in [0.1, 0.15) is 31.7 Å². The van der Waals surface area contributed by atoms with Crippen molar-refractivity contribution in [3.8, 4) is 0 Å². The Morgan fingerprint density at radius 3 is 2.61 bits per heavy atom. The van der Waals surface area contributed by atoms with Gasteiger partial charge in [0.1, 0.15) is 36.5 Å². The molecule has 2 aromatic rings. The number of aromatic nitrogens is 3. The van der Waals surface area contributed by atoms with E-state index in [1.165, 1.54) is 23.4 Å². The molecule has 0 spiro atoms. The summed E-state index contributed by atoms with van der Waals surface area (Å²) < 4.78 is 30.0. The van der Waals surface area contributed by atoms with E-state index in [1.807, 2.05) is 6.92 Å². The Morgan fingerprint density at radius 2 is 2.00 bits per heavy atom. The number of likely N-dealkylation sites (N-methyl/N-ethyl adjacent to an activating group) is 1. The summed E-state index contributed by atoms with van der Waals surface area (Å²) in [6.45, 7) is 7.18. The Labute approximate surface area is 192 Å². The number of oxime groups is 1. The van der Waals surface area contributed by atoms with E-state index in [0.29, 0.717) is 31.6 Å². The molecule has 1 unspecified atom stereocenters. The zero-order chi connectivity index (χ0) is 23.5. The Hall–Kier alpha value is -2.43. The second-order valence-corrected chi connectivity index (χ2v) is 9.03. The van der Waals surface area contributed by atoms with Gasteiger partial charge < -0.3 is 14.8 Å². The van der Waals surface area contributed by atoms with Crippen LogP contribution in [0, 0.1) is 17.0 Å². The van der Waals surface area contributed by atoms with Crippen molar-refractivity contribution in [2.24, 2.45) is 10.6 Å². The molecule has 8 nitrogen and oxygen atoms in total. The molecule has 1 aromatic carbocycles. The molecular weight excluding hydrogens is 430 g/mol. The maximum Gasteiger partial charge on any atom is 0.137 e. The predicted octanol–water partition coefficient (Wildman–Crippen LogP) is 2.25. The third-order valence-electron chi connectivity index (χ3n) is 6.93. The van der Waals surface area contributed by atoms with Crippen LogP contribution in [-0.2, 0) is 17.0 Å². The van der Waals surface area contributed by atoms with Crippen LogP contribution in [0.4, 0.5) is 8.78 Å². The second-order valence-electron chi connectivity index (χ2n) is 9.03. The molecular formula is C23H32F2N6O2. The summed E-state index contributed by atoms with van der Waals surface area (Å²) in [5.74, 6) is -1.49. The first-order chi connectivity index (χ1) is 15.9. The van der Waals surface area contributed by atoms with E-state index in [4.69, 9.17) is 4.84 Å². The highest BCUT2D eigenvalue weighted by atomic mass is 19.1. The SMILES string of the molecule is CCC(=NOCCN1CCN(C)CC1)C1(C(O)(Cn2cncn2)c2ccc(F)cc2F)CC1. The van der Waals surface area contributed by atoms with Crippen molar-refractivity contribution in [1.82, 2.24) is 24.6 Å². The van der Waals surface area contributed by atoms with Gasteiger partial charge in [0.15, 0.2) is 0 Å². The minimum Gasteiger partial charge on any atom is -0.394 e. The Balaban J connectivity index is 1.55. The van der Waals surface area contributed by atoms with Crippen LogP contribution in [0.15, 0.2) is 36.0 Å². The molecule has 10 heteroatoms. The molecule has 4 rings (SSSR count). The fourth-order valence-corrected chi connectivity index (χ4v) is 4.79. The van der Waals surface area contributed by atoms with Gasteiger partial charge in [0.05, 0.1) is 12.3 Å². The molecule has 180 valence electrons. The summed E-state index contributed by atoms with van der Waals surface area (Å²) in [4.78, 5) is 14.3. The van der Waals surface area contributed by atoms with Crippen LogP contribution in [0.5, 0.6) is 0 Å². The minimum atomic E-state index is -1.69. The third-order valence-corrected chi connectivity index (χ3v) is 6.93. The van der Waals surface area contributed by atoms with Crippen molar-refractivity contribution in [1.29, 1.82) is 0 Å². The molecule has 0 radical (unpaired) electrons. The predicted molar refractivity (Wildman–Crippen MR) is 120 cm³/mol. The van der Waals surface area contributed by atoms with Gasteiger partial charge in [0.2, 0.25) is 0 Å². The van der Waals surface area contributed by atoms with E-state index in [1.54, 1.807) is 0 Å². The summed E-state index contributed by atoms with van der Waals surface area (Å²) in [5, 5.41) is 20.5. The fourth-order valence-electron chi connectivity index (χ4n) is 4.79. The quantitative estimate of drug-likeness (QED) is 0.332. The summed E-state index contributed by atoms with van der Waals surface area (Å²) >= 11 is 0. The van der Waals surface area contributed by atoms with Gasteiger partial charge in [0.25, 0.3) is 0 Å². The van der Waals surface area contributed by atoms with E-state index in [0.717, 1.165) is 44.9 Å². The number of hydrogen-bond donors (Lipinski definition) is 1. The number of piperazine rings is 1. The Kier molecular flexibility index (Phi) is 7.06. The topological polar surface area (TPSA) is 79.0 Å². The first-order valence-electron chi connectivity index (χ1n) is 11.5. The smallest absolute Gasteiger partial charge is 0.137 e. The van der Waals surface area contributed by atoms with Gasteiger partial charge in [-0.2, -0.15) is 5.10 Å². The van der Waals surface area contributed by atoms with Gasteiger partial charge in [-0.25, -0.2) is 18.4 Å². The van der Waals surface area contributed by atoms with E-state index in [9.17, 15) is 13.9 Å². The number of aliphatic hydroxyl groups is 1. The molecule has 0 amide bonds. The Bertz CT molecular complexity index is 958. The van der Waals surface area contributed by atoms with Crippen molar-refractivity contribution in [3.63, 3.8) is 0 Å². The van der Waals surface area contributed by atoms with Crippen LogP contribution in [0.2, 0.25) is 0 Å². The zero-order valence-corrected chi connectivity index (χ0v) is 19.3. The van der Waals surface area contributed by atoms with E-state index in [-0.39, 0.29) is 12.1 Å². The summed E-state index contributed by atoms with van der Waals surface area (Å²) in [7, 11) is 2.12. The second kappa shape index (κ2) is 9.82. The number of benzene rings is 1. The first kappa shape index (κ1) is 23.7. The van der Waals surface area contributed by atoms with Crippen molar-refractivity contribution < 1.29 is 18.7 Å². The number of hydrogen-bond acceptors (Lipinski definition) is 7. The van der Waals surface area contributed by atoms with E-state index in [2.05, 4.69) is 32.1 Å². The molecule has 2 fully saturated rings. The molecule has 0 bridgehead atoms. The van der Waals surface area contributed by atoms with Gasteiger partial charge in [-0.15, -0.1) is 0 Å². The van der Waals surface area contributed by atoms with Crippen LogP contribution in [0.25, 0.3) is 0 Å². The molecule has 1 saturated carbocycles. The molecule has 2 aliphatic rings. The molecule has 1 aliphatic heterocycles. The maximum atomic E-state index is 14.9. The van der Waals surface area contributed by atoms with Crippen LogP contribution >= 0.6 is 0 Å². The van der Waals surface area contributed by atoms with Crippen molar-refractivity contribution >= 4 is 5.71 Å². The number of rotatable bonds is 10. The van der Waals surface area contributed by atoms with E-state index >= 15 is 0 Å². The van der Waals surface area contributed by atoms with Crippen molar-refractivity contribution in [3.05, 3.63) is 48.1 Å². The lowest BCUT2D eigenvalue weighted by Crippen LogP contribution is -2.46. The number of nitrogens with zero attached hydrogens (tertiary/aromatic N) is 6. The summed E-state index contributed by atoms with van der Waals surface area (Å²) in [6.07, 6.45) is 4.60. The largest absolute Gasteiger partial charge is 0.394 e. The standard InChI is InChI=1S/C23H32F2N6O2/c1-3-21(28-33-13-12-30-10-8-29(2)9-11-30)22(6-7-22)23(32,15-31-17-26-16-27-31)19-5-4-18(24)14-20(19)25/h4-5,14,16-17,32H,3,6-13,15H2,1-2H3. The lowest BCUT2D eigenvalue weighted by atomic mass is 9.74. The highest BCUT2D eigenvalue weighted by Gasteiger charge is 2.63.